The number of pyridine rings is 1. The van der Waals surface area contributed by atoms with Crippen LogP contribution >= 0.6 is 23.2 Å². The van der Waals surface area contributed by atoms with Crippen molar-refractivity contribution in [2.75, 3.05) is 29.4 Å². The molecule has 1 fully saturated rings. The largest absolute Gasteiger partial charge is 0.371 e. The van der Waals surface area contributed by atoms with E-state index in [0.717, 1.165) is 68.1 Å². The van der Waals surface area contributed by atoms with Gasteiger partial charge in [0.1, 0.15) is 5.15 Å². The second-order valence-electron chi connectivity index (χ2n) is 7.32. The highest BCUT2D eigenvalue weighted by molar-refractivity contribution is 6.30. The van der Waals surface area contributed by atoms with Crippen LogP contribution in [0.5, 0.6) is 0 Å². The quantitative estimate of drug-likeness (QED) is 0.663. The third-order valence-corrected chi connectivity index (χ3v) is 6.04. The van der Waals surface area contributed by atoms with Gasteiger partial charge in [-0.05, 0) is 68.0 Å². The number of nitrogens with zero attached hydrogens (tertiary/aromatic N) is 3. The third-order valence-electron chi connectivity index (χ3n) is 5.60. The minimum atomic E-state index is 0.0696. The van der Waals surface area contributed by atoms with Gasteiger partial charge in [0.25, 0.3) is 0 Å². The molecule has 6 heteroatoms. The van der Waals surface area contributed by atoms with Gasteiger partial charge in [0, 0.05) is 48.1 Å². The number of halogens is 2. The molecule has 2 aliphatic heterocycles. The molecule has 2 aromatic rings. The van der Waals surface area contributed by atoms with Gasteiger partial charge in [-0.2, -0.15) is 0 Å². The number of piperidine rings is 1. The normalized spacial score (nSPS) is 18.1. The van der Waals surface area contributed by atoms with Crippen molar-refractivity contribution in [3.05, 3.63) is 52.3 Å². The van der Waals surface area contributed by atoms with Crippen LogP contribution in [0.4, 0.5) is 11.4 Å². The second kappa shape index (κ2) is 8.07. The molecule has 0 N–H and O–H groups in total. The molecule has 0 spiro atoms. The molecule has 1 aromatic heterocycles. The van der Waals surface area contributed by atoms with Crippen molar-refractivity contribution in [3.8, 4) is 0 Å². The van der Waals surface area contributed by atoms with Crippen LogP contribution in [0, 0.1) is 5.92 Å². The molecule has 0 saturated carbocycles. The Balaban J connectivity index is 1.47. The minimum Gasteiger partial charge on any atom is -0.371 e. The van der Waals surface area contributed by atoms with Gasteiger partial charge in [0.15, 0.2) is 0 Å². The van der Waals surface area contributed by atoms with E-state index in [1.165, 1.54) is 5.56 Å². The lowest BCUT2D eigenvalue weighted by Gasteiger charge is -2.35. The van der Waals surface area contributed by atoms with Gasteiger partial charge in [-0.1, -0.05) is 23.2 Å². The number of rotatable bonds is 2. The van der Waals surface area contributed by atoms with Gasteiger partial charge in [-0.3, -0.25) is 4.79 Å². The fraction of sp³-hybridized carbons (Fsp3) is 0.429. The van der Waals surface area contributed by atoms with E-state index in [1.807, 2.05) is 35.2 Å². The summed E-state index contributed by atoms with van der Waals surface area (Å²) in [6, 6.07) is 9.77. The van der Waals surface area contributed by atoms with Crippen molar-refractivity contribution in [2.24, 2.45) is 5.92 Å². The summed E-state index contributed by atoms with van der Waals surface area (Å²) in [6.45, 7) is 2.52. The minimum absolute atomic E-state index is 0.0696. The van der Waals surface area contributed by atoms with Crippen LogP contribution in [0.15, 0.2) is 36.5 Å². The molecule has 2 aliphatic rings. The number of hydrogen-bond acceptors (Lipinski definition) is 3. The second-order valence-corrected chi connectivity index (χ2v) is 8.14. The Morgan fingerprint density at radius 3 is 2.63 bits per heavy atom. The molecule has 142 valence electrons. The molecular formula is C21H23Cl2N3O. The first kappa shape index (κ1) is 18.6. The lowest BCUT2D eigenvalue weighted by molar-refractivity contribution is -0.123. The first-order valence-corrected chi connectivity index (χ1v) is 10.3. The van der Waals surface area contributed by atoms with Gasteiger partial charge < -0.3 is 9.80 Å². The first-order chi connectivity index (χ1) is 13.1. The number of aromatic nitrogens is 1. The summed E-state index contributed by atoms with van der Waals surface area (Å²) in [6.07, 6.45) is 6.57. The molecule has 0 atom stereocenters. The Morgan fingerprint density at radius 1 is 1.04 bits per heavy atom. The van der Waals surface area contributed by atoms with Crippen LogP contribution in [0.1, 0.15) is 31.2 Å². The molecule has 4 nitrogen and oxygen atoms in total. The van der Waals surface area contributed by atoms with E-state index < -0.39 is 0 Å². The van der Waals surface area contributed by atoms with Gasteiger partial charge in [-0.15, -0.1) is 0 Å². The van der Waals surface area contributed by atoms with E-state index in [-0.39, 0.29) is 11.8 Å². The Labute approximate surface area is 170 Å². The topological polar surface area (TPSA) is 36.4 Å². The van der Waals surface area contributed by atoms with Gasteiger partial charge in [0.2, 0.25) is 5.91 Å². The van der Waals surface area contributed by atoms with Crippen molar-refractivity contribution in [1.29, 1.82) is 0 Å². The number of amides is 1. The fourth-order valence-electron chi connectivity index (χ4n) is 4.15. The molecule has 3 heterocycles. The fourth-order valence-corrected chi connectivity index (χ4v) is 4.51. The molecule has 27 heavy (non-hydrogen) atoms. The summed E-state index contributed by atoms with van der Waals surface area (Å²) in [7, 11) is 0. The Bertz CT molecular complexity index is 834. The molecule has 0 bridgehead atoms. The zero-order valence-electron chi connectivity index (χ0n) is 15.2. The SMILES string of the molecule is O=C(C1CCN(c2ccnc(Cl)c2)CC1)N1CCCCc2cc(Cl)ccc21. The standard InChI is InChI=1S/C21H23Cl2N3O/c22-17-4-5-19-16(13-17)3-1-2-10-26(19)21(27)15-7-11-25(12-8-15)18-6-9-24-20(23)14-18/h4-6,9,13-15H,1-3,7-8,10-12H2. The van der Waals surface area contributed by atoms with Crippen molar-refractivity contribution in [2.45, 2.75) is 32.1 Å². The van der Waals surface area contributed by atoms with Crippen LogP contribution < -0.4 is 9.80 Å². The van der Waals surface area contributed by atoms with E-state index in [9.17, 15) is 4.79 Å². The first-order valence-electron chi connectivity index (χ1n) is 9.58. The summed E-state index contributed by atoms with van der Waals surface area (Å²) in [4.78, 5) is 21.6. The highest BCUT2D eigenvalue weighted by atomic mass is 35.5. The number of hydrogen-bond donors (Lipinski definition) is 0. The number of benzene rings is 1. The maximum Gasteiger partial charge on any atom is 0.230 e. The zero-order valence-corrected chi connectivity index (χ0v) is 16.7. The molecule has 1 saturated heterocycles. The van der Waals surface area contributed by atoms with E-state index in [0.29, 0.717) is 5.15 Å². The van der Waals surface area contributed by atoms with Crippen molar-refractivity contribution in [3.63, 3.8) is 0 Å². The third kappa shape index (κ3) is 4.07. The Kier molecular flexibility index (Phi) is 5.55. The number of carbonyl (C=O) groups excluding carboxylic acids is 1. The zero-order chi connectivity index (χ0) is 18.8. The van der Waals surface area contributed by atoms with Crippen molar-refractivity contribution in [1.82, 2.24) is 4.98 Å². The average Bonchev–Trinajstić information content (AvgIpc) is 2.89. The van der Waals surface area contributed by atoms with Crippen molar-refractivity contribution >= 4 is 40.5 Å². The Hall–Kier alpha value is -1.78. The average molecular weight is 404 g/mol. The number of aryl methyl sites for hydroxylation is 1. The molecule has 4 rings (SSSR count). The van der Waals surface area contributed by atoms with Crippen LogP contribution in [0.2, 0.25) is 10.2 Å². The molecule has 0 aliphatic carbocycles. The van der Waals surface area contributed by atoms with E-state index in [1.54, 1.807) is 6.20 Å². The van der Waals surface area contributed by atoms with Crippen LogP contribution in [0.3, 0.4) is 0 Å². The number of carbonyl (C=O) groups is 1. The van der Waals surface area contributed by atoms with Crippen LogP contribution in [0.25, 0.3) is 0 Å². The molecular weight excluding hydrogens is 381 g/mol. The molecule has 1 amide bonds. The number of fused-ring (bicyclic) bond motifs is 1. The Morgan fingerprint density at radius 2 is 1.85 bits per heavy atom. The number of anilines is 2. The lowest BCUT2D eigenvalue weighted by atomic mass is 9.94. The maximum atomic E-state index is 13.3. The predicted octanol–water partition coefficient (Wildman–Crippen LogP) is 4.97. The van der Waals surface area contributed by atoms with Gasteiger partial charge in [0.05, 0.1) is 0 Å². The monoisotopic (exact) mass is 403 g/mol. The van der Waals surface area contributed by atoms with E-state index >= 15 is 0 Å². The van der Waals surface area contributed by atoms with Crippen LogP contribution in [-0.2, 0) is 11.2 Å². The van der Waals surface area contributed by atoms with E-state index in [4.69, 9.17) is 23.2 Å². The summed E-state index contributed by atoms with van der Waals surface area (Å²) in [5.41, 5.74) is 3.32. The summed E-state index contributed by atoms with van der Waals surface area (Å²) in [5, 5.41) is 1.25. The molecule has 0 unspecified atom stereocenters. The summed E-state index contributed by atoms with van der Waals surface area (Å²) >= 11 is 12.2. The maximum absolute atomic E-state index is 13.3. The predicted molar refractivity (Wildman–Crippen MR) is 111 cm³/mol. The van der Waals surface area contributed by atoms with Gasteiger partial charge >= 0.3 is 0 Å². The lowest BCUT2D eigenvalue weighted by Crippen LogP contribution is -2.43. The summed E-state index contributed by atoms with van der Waals surface area (Å²) < 4.78 is 0. The summed E-state index contributed by atoms with van der Waals surface area (Å²) in [5.74, 6) is 0.327. The molecule has 1 aromatic carbocycles. The van der Waals surface area contributed by atoms with Crippen LogP contribution in [-0.4, -0.2) is 30.5 Å². The van der Waals surface area contributed by atoms with Crippen molar-refractivity contribution < 1.29 is 4.79 Å². The van der Waals surface area contributed by atoms with Gasteiger partial charge in [-0.25, -0.2) is 4.98 Å². The molecule has 0 radical (unpaired) electrons. The van der Waals surface area contributed by atoms with E-state index in [2.05, 4.69) is 9.88 Å². The highest BCUT2D eigenvalue weighted by Crippen LogP contribution is 2.32. The highest BCUT2D eigenvalue weighted by Gasteiger charge is 2.31. The smallest absolute Gasteiger partial charge is 0.230 e.